The number of nitrogens with zero attached hydrogens (tertiary/aromatic N) is 1. The second kappa shape index (κ2) is 8.80. The average molecular weight is 389 g/mol. The van der Waals surface area contributed by atoms with Gasteiger partial charge in [-0.2, -0.15) is 0 Å². The molecule has 3 N–H and O–H groups in total. The van der Waals surface area contributed by atoms with Gasteiger partial charge in [-0.15, -0.1) is 24.0 Å². The third kappa shape index (κ3) is 5.01. The summed E-state index contributed by atoms with van der Waals surface area (Å²) in [7, 11) is 1.64. The van der Waals surface area contributed by atoms with Crippen LogP contribution in [0.15, 0.2) is 39.7 Å². The largest absolute Gasteiger partial charge is 0.461 e. The Labute approximate surface area is 135 Å². The SMILES string of the molecule is COCCN=C(N)NCCc1cc2ccccc2o1.I. The molecule has 0 atom stereocenters. The number of furan rings is 1. The molecule has 0 amide bonds. The van der Waals surface area contributed by atoms with Gasteiger partial charge in [0.15, 0.2) is 5.96 Å². The maximum Gasteiger partial charge on any atom is 0.188 e. The van der Waals surface area contributed by atoms with Crippen molar-refractivity contribution in [3.05, 3.63) is 36.1 Å². The maximum atomic E-state index is 5.71. The first-order chi connectivity index (χ1) is 9.29. The molecule has 0 radical (unpaired) electrons. The van der Waals surface area contributed by atoms with Crippen LogP contribution in [0.1, 0.15) is 5.76 Å². The van der Waals surface area contributed by atoms with Crippen LogP contribution in [0, 0.1) is 0 Å². The van der Waals surface area contributed by atoms with Gasteiger partial charge >= 0.3 is 0 Å². The summed E-state index contributed by atoms with van der Waals surface area (Å²) >= 11 is 0. The molecular weight excluding hydrogens is 369 g/mol. The summed E-state index contributed by atoms with van der Waals surface area (Å²) in [5, 5.41) is 4.17. The van der Waals surface area contributed by atoms with Crippen molar-refractivity contribution in [2.75, 3.05) is 26.8 Å². The number of guanidine groups is 1. The molecule has 6 heteroatoms. The van der Waals surface area contributed by atoms with Crippen LogP contribution >= 0.6 is 24.0 Å². The molecule has 0 spiro atoms. The average Bonchev–Trinajstić information content (AvgIpc) is 2.81. The van der Waals surface area contributed by atoms with Crippen molar-refractivity contribution in [2.24, 2.45) is 10.7 Å². The van der Waals surface area contributed by atoms with E-state index in [0.29, 0.717) is 25.7 Å². The normalized spacial score (nSPS) is 11.3. The van der Waals surface area contributed by atoms with Gasteiger partial charge in [0.1, 0.15) is 11.3 Å². The second-order valence-electron chi connectivity index (χ2n) is 4.19. The van der Waals surface area contributed by atoms with E-state index >= 15 is 0 Å². The number of fused-ring (bicyclic) bond motifs is 1. The third-order valence-electron chi connectivity index (χ3n) is 2.73. The molecule has 0 fully saturated rings. The number of methoxy groups -OCH3 is 1. The van der Waals surface area contributed by atoms with Crippen LogP contribution in [0.3, 0.4) is 0 Å². The Kier molecular flexibility index (Phi) is 7.38. The summed E-state index contributed by atoms with van der Waals surface area (Å²) in [6.07, 6.45) is 0.773. The van der Waals surface area contributed by atoms with Gasteiger partial charge in [0.05, 0.1) is 13.2 Å². The van der Waals surface area contributed by atoms with Crippen molar-refractivity contribution >= 4 is 40.9 Å². The number of ether oxygens (including phenoxy) is 1. The van der Waals surface area contributed by atoms with Crippen molar-refractivity contribution in [1.29, 1.82) is 0 Å². The predicted octanol–water partition coefficient (Wildman–Crippen LogP) is 2.14. The summed E-state index contributed by atoms with van der Waals surface area (Å²) in [5.41, 5.74) is 6.62. The molecule has 0 aliphatic rings. The van der Waals surface area contributed by atoms with Gasteiger partial charge in [-0.05, 0) is 12.1 Å². The lowest BCUT2D eigenvalue weighted by molar-refractivity contribution is 0.208. The van der Waals surface area contributed by atoms with Crippen molar-refractivity contribution < 1.29 is 9.15 Å². The van der Waals surface area contributed by atoms with Crippen molar-refractivity contribution in [3.63, 3.8) is 0 Å². The molecular formula is C14H20IN3O2. The van der Waals surface area contributed by atoms with Gasteiger partial charge in [-0.1, -0.05) is 18.2 Å². The molecule has 5 nitrogen and oxygen atoms in total. The Morgan fingerprint density at radius 2 is 2.20 bits per heavy atom. The van der Waals surface area contributed by atoms with E-state index in [0.717, 1.165) is 23.2 Å². The molecule has 20 heavy (non-hydrogen) atoms. The molecule has 2 aromatic rings. The highest BCUT2D eigenvalue weighted by Gasteiger charge is 2.02. The van der Waals surface area contributed by atoms with E-state index in [1.165, 1.54) is 0 Å². The first kappa shape index (κ1) is 16.8. The standard InChI is InChI=1S/C14H19N3O2.HI/c1-18-9-8-17-14(15)16-7-6-12-10-11-4-2-3-5-13(11)19-12;/h2-5,10H,6-9H2,1H3,(H3,15,16,17);1H. The molecule has 0 unspecified atom stereocenters. The molecule has 0 saturated carbocycles. The number of aliphatic imine (C=N–C) groups is 1. The summed E-state index contributed by atoms with van der Waals surface area (Å²) in [4.78, 5) is 4.12. The first-order valence-electron chi connectivity index (χ1n) is 6.30. The lowest BCUT2D eigenvalue weighted by atomic mass is 10.2. The number of hydrogen-bond donors (Lipinski definition) is 2. The third-order valence-corrected chi connectivity index (χ3v) is 2.73. The fourth-order valence-corrected chi connectivity index (χ4v) is 1.79. The topological polar surface area (TPSA) is 72.8 Å². The van der Waals surface area contributed by atoms with E-state index in [4.69, 9.17) is 14.9 Å². The number of nitrogens with two attached hydrogens (primary N) is 1. The summed E-state index contributed by atoms with van der Waals surface area (Å²) in [6, 6.07) is 10.0. The van der Waals surface area contributed by atoms with E-state index in [9.17, 15) is 0 Å². The van der Waals surface area contributed by atoms with Crippen LogP contribution in [0.2, 0.25) is 0 Å². The fraction of sp³-hybridized carbons (Fsp3) is 0.357. The van der Waals surface area contributed by atoms with Crippen molar-refractivity contribution in [2.45, 2.75) is 6.42 Å². The zero-order valence-electron chi connectivity index (χ0n) is 11.5. The van der Waals surface area contributed by atoms with Crippen LogP contribution in [0.5, 0.6) is 0 Å². The highest BCUT2D eigenvalue weighted by molar-refractivity contribution is 14.0. The summed E-state index contributed by atoms with van der Waals surface area (Å²) in [6.45, 7) is 1.84. The molecule has 0 bridgehead atoms. The Morgan fingerprint density at radius 1 is 1.40 bits per heavy atom. The van der Waals surface area contributed by atoms with Gasteiger partial charge in [0.25, 0.3) is 0 Å². The highest BCUT2D eigenvalue weighted by atomic mass is 127. The van der Waals surface area contributed by atoms with Crippen LogP contribution in [0.4, 0.5) is 0 Å². The van der Waals surface area contributed by atoms with Gasteiger partial charge in [0.2, 0.25) is 0 Å². The van der Waals surface area contributed by atoms with Crippen LogP contribution in [-0.4, -0.2) is 32.8 Å². The molecule has 0 saturated heterocycles. The number of para-hydroxylation sites is 1. The monoisotopic (exact) mass is 389 g/mol. The Hall–Kier alpha value is -1.28. The van der Waals surface area contributed by atoms with Gasteiger partial charge in [0, 0.05) is 25.5 Å². The number of nitrogens with one attached hydrogen (secondary N) is 1. The Balaban J connectivity index is 0.00000200. The van der Waals surface area contributed by atoms with Gasteiger partial charge < -0.3 is 20.2 Å². The van der Waals surface area contributed by atoms with E-state index in [1.807, 2.05) is 24.3 Å². The van der Waals surface area contributed by atoms with Gasteiger partial charge in [-0.25, -0.2) is 0 Å². The quantitative estimate of drug-likeness (QED) is 0.344. The molecule has 0 aliphatic carbocycles. The number of benzene rings is 1. The maximum absolute atomic E-state index is 5.71. The minimum atomic E-state index is 0. The Morgan fingerprint density at radius 3 is 2.95 bits per heavy atom. The molecule has 1 heterocycles. The minimum absolute atomic E-state index is 0. The Bertz CT molecular complexity index is 521. The van der Waals surface area contributed by atoms with Crippen molar-refractivity contribution in [3.8, 4) is 0 Å². The van der Waals surface area contributed by atoms with E-state index in [2.05, 4.69) is 16.4 Å². The van der Waals surface area contributed by atoms with Crippen LogP contribution in [-0.2, 0) is 11.2 Å². The zero-order valence-corrected chi connectivity index (χ0v) is 13.8. The van der Waals surface area contributed by atoms with Crippen LogP contribution < -0.4 is 11.1 Å². The number of hydrogen-bond acceptors (Lipinski definition) is 3. The number of rotatable bonds is 6. The first-order valence-corrected chi connectivity index (χ1v) is 6.30. The van der Waals surface area contributed by atoms with Crippen LogP contribution in [0.25, 0.3) is 11.0 Å². The lowest BCUT2D eigenvalue weighted by Gasteiger charge is -2.03. The van der Waals surface area contributed by atoms with E-state index in [1.54, 1.807) is 7.11 Å². The minimum Gasteiger partial charge on any atom is -0.461 e. The van der Waals surface area contributed by atoms with E-state index < -0.39 is 0 Å². The smallest absolute Gasteiger partial charge is 0.188 e. The molecule has 0 aliphatic heterocycles. The fourth-order valence-electron chi connectivity index (χ4n) is 1.79. The molecule has 1 aromatic carbocycles. The predicted molar refractivity (Wildman–Crippen MR) is 91.7 cm³/mol. The lowest BCUT2D eigenvalue weighted by Crippen LogP contribution is -2.33. The molecule has 110 valence electrons. The molecule has 2 rings (SSSR count). The van der Waals surface area contributed by atoms with Crippen molar-refractivity contribution in [1.82, 2.24) is 5.32 Å². The molecule has 1 aromatic heterocycles. The summed E-state index contributed by atoms with van der Waals surface area (Å²) < 4.78 is 10.6. The van der Waals surface area contributed by atoms with E-state index in [-0.39, 0.29) is 24.0 Å². The zero-order chi connectivity index (χ0) is 13.5. The second-order valence-corrected chi connectivity index (χ2v) is 4.19. The highest BCUT2D eigenvalue weighted by Crippen LogP contribution is 2.18. The summed E-state index contributed by atoms with van der Waals surface area (Å²) in [5.74, 6) is 1.38. The van der Waals surface area contributed by atoms with Gasteiger partial charge in [-0.3, -0.25) is 4.99 Å². The number of halogens is 1.